The van der Waals surface area contributed by atoms with Gasteiger partial charge in [0.05, 0.1) is 0 Å². The van der Waals surface area contributed by atoms with E-state index < -0.39 is 34.9 Å². The van der Waals surface area contributed by atoms with Crippen LogP contribution in [0.1, 0.15) is 31.1 Å². The molecule has 14 heteroatoms. The number of hydrazine groups is 1. The van der Waals surface area contributed by atoms with E-state index in [4.69, 9.17) is 16.3 Å². The molecule has 2 amide bonds. The Hall–Kier alpha value is -3.39. The first kappa shape index (κ1) is 26.2. The number of halogens is 2. The van der Waals surface area contributed by atoms with Crippen molar-refractivity contribution in [3.8, 4) is 0 Å². The molecule has 11 nitrogen and oxygen atoms in total. The fourth-order valence-electron chi connectivity index (χ4n) is 3.41. The highest BCUT2D eigenvalue weighted by Gasteiger charge is 2.27. The van der Waals surface area contributed by atoms with Crippen LogP contribution in [-0.4, -0.2) is 64.9 Å². The van der Waals surface area contributed by atoms with E-state index in [1.54, 1.807) is 36.8 Å². The average Bonchev–Trinajstić information content (AvgIpc) is 2.79. The molecule has 1 aromatic heterocycles. The highest BCUT2D eigenvalue weighted by Crippen LogP contribution is 2.32. The Balaban J connectivity index is 1.81. The Labute approximate surface area is 205 Å². The Morgan fingerprint density at radius 3 is 2.14 bits per heavy atom. The number of carbonyl (C=O) groups excluding carboxylic acids is 2. The van der Waals surface area contributed by atoms with Crippen molar-refractivity contribution in [2.75, 3.05) is 48.1 Å². The van der Waals surface area contributed by atoms with Crippen LogP contribution in [0.25, 0.3) is 0 Å². The molecule has 2 aromatic rings. The third-order valence-electron chi connectivity index (χ3n) is 5.02. The van der Waals surface area contributed by atoms with Gasteiger partial charge in [0.2, 0.25) is 0 Å². The van der Waals surface area contributed by atoms with Crippen molar-refractivity contribution in [2.24, 2.45) is 11.6 Å². The smallest absolute Gasteiger partial charge is 0.410 e. The number of anilines is 4. The first-order valence-corrected chi connectivity index (χ1v) is 11.9. The molecule has 1 aromatic carbocycles. The van der Waals surface area contributed by atoms with Crippen LogP contribution in [0.2, 0.25) is 0 Å². The molecule has 0 saturated carbocycles. The zero-order valence-corrected chi connectivity index (χ0v) is 20.6. The molecule has 0 bridgehead atoms. The standard InChI is InChI=1S/C21H28F2N8O3S/c1-21(2,3)34-20(33)31-7-5-30(6-8-31)11-9-12(22)15(13(23)10-11)26-17-14(16(24)32)18(29-25)28-19(27-17)35-4/h9-10H,5-8,25H2,1-4H3,(H2,24,32)(H2,26,27,28,29). The number of nitrogens with one attached hydrogen (secondary N) is 2. The summed E-state index contributed by atoms with van der Waals surface area (Å²) in [5.74, 6) is 2.40. The van der Waals surface area contributed by atoms with Gasteiger partial charge in [-0.3, -0.25) is 4.79 Å². The van der Waals surface area contributed by atoms with Gasteiger partial charge in [0.25, 0.3) is 5.91 Å². The summed E-state index contributed by atoms with van der Waals surface area (Å²) in [5, 5.41) is 2.71. The van der Waals surface area contributed by atoms with E-state index >= 15 is 8.78 Å². The summed E-state index contributed by atoms with van der Waals surface area (Å²) in [6.45, 7) is 6.76. The molecule has 0 atom stereocenters. The number of ether oxygens (including phenoxy) is 1. The molecule has 0 radical (unpaired) electrons. The zero-order valence-electron chi connectivity index (χ0n) is 19.8. The summed E-state index contributed by atoms with van der Waals surface area (Å²) >= 11 is 1.14. The average molecular weight is 511 g/mol. The van der Waals surface area contributed by atoms with Gasteiger partial charge >= 0.3 is 6.09 Å². The minimum atomic E-state index is -0.937. The number of amides is 2. The van der Waals surface area contributed by atoms with Gasteiger partial charge in [-0.25, -0.2) is 29.4 Å². The molecule has 0 spiro atoms. The van der Waals surface area contributed by atoms with Gasteiger partial charge < -0.3 is 31.0 Å². The second kappa shape index (κ2) is 10.5. The largest absolute Gasteiger partial charge is 0.444 e. The van der Waals surface area contributed by atoms with Gasteiger partial charge in [0, 0.05) is 31.9 Å². The molecular weight excluding hydrogens is 482 g/mol. The van der Waals surface area contributed by atoms with E-state index in [1.807, 2.05) is 0 Å². The van der Waals surface area contributed by atoms with Gasteiger partial charge in [0.1, 0.15) is 22.7 Å². The van der Waals surface area contributed by atoms with Crippen molar-refractivity contribution < 1.29 is 23.1 Å². The van der Waals surface area contributed by atoms with Crippen LogP contribution in [-0.2, 0) is 4.74 Å². The van der Waals surface area contributed by atoms with Gasteiger partial charge in [0.15, 0.2) is 22.6 Å². The van der Waals surface area contributed by atoms with Crippen LogP contribution in [0, 0.1) is 11.6 Å². The molecular formula is C21H28F2N8O3S. The van der Waals surface area contributed by atoms with Crippen molar-refractivity contribution in [1.82, 2.24) is 14.9 Å². The molecule has 1 aliphatic heterocycles. The van der Waals surface area contributed by atoms with Crippen LogP contribution in [0.15, 0.2) is 17.3 Å². The minimum absolute atomic E-state index is 0.0837. The fourth-order valence-corrected chi connectivity index (χ4v) is 3.78. The van der Waals surface area contributed by atoms with Crippen LogP contribution in [0.5, 0.6) is 0 Å². The quantitative estimate of drug-likeness (QED) is 0.197. The summed E-state index contributed by atoms with van der Waals surface area (Å²) in [4.78, 5) is 35.7. The summed E-state index contributed by atoms with van der Waals surface area (Å²) in [6, 6.07) is 2.33. The van der Waals surface area contributed by atoms with E-state index in [9.17, 15) is 9.59 Å². The number of nitrogen functional groups attached to an aromatic ring is 1. The van der Waals surface area contributed by atoms with Crippen molar-refractivity contribution in [2.45, 2.75) is 31.5 Å². The zero-order chi connectivity index (χ0) is 25.9. The summed E-state index contributed by atoms with van der Waals surface area (Å²) < 4.78 is 35.4. The Bertz CT molecular complexity index is 1100. The lowest BCUT2D eigenvalue weighted by Gasteiger charge is -2.36. The molecule has 0 aliphatic carbocycles. The third kappa shape index (κ3) is 6.19. The van der Waals surface area contributed by atoms with E-state index in [2.05, 4.69) is 20.7 Å². The number of aromatic nitrogens is 2. The summed E-state index contributed by atoms with van der Waals surface area (Å²) in [7, 11) is 0. The predicted molar refractivity (Wildman–Crippen MR) is 130 cm³/mol. The number of benzene rings is 1. The van der Waals surface area contributed by atoms with Crippen molar-refractivity contribution in [3.63, 3.8) is 0 Å². The predicted octanol–water partition coefficient (Wildman–Crippen LogP) is 2.66. The lowest BCUT2D eigenvalue weighted by Crippen LogP contribution is -2.50. The monoisotopic (exact) mass is 510 g/mol. The van der Waals surface area contributed by atoms with Crippen molar-refractivity contribution >= 4 is 46.8 Å². The normalized spacial score (nSPS) is 14.0. The van der Waals surface area contributed by atoms with Crippen molar-refractivity contribution in [1.29, 1.82) is 0 Å². The van der Waals surface area contributed by atoms with Gasteiger partial charge in [-0.2, -0.15) is 0 Å². The molecule has 6 N–H and O–H groups in total. The number of piperazine rings is 1. The first-order valence-electron chi connectivity index (χ1n) is 10.6. The number of hydrogen-bond acceptors (Lipinski definition) is 10. The Morgan fingerprint density at radius 2 is 1.66 bits per heavy atom. The second-order valence-electron chi connectivity index (χ2n) is 8.65. The second-order valence-corrected chi connectivity index (χ2v) is 9.43. The number of thioether (sulfide) groups is 1. The van der Waals surface area contributed by atoms with Crippen molar-refractivity contribution in [3.05, 3.63) is 29.3 Å². The SMILES string of the molecule is CSc1nc(NN)c(C(N)=O)c(Nc2c(F)cc(N3CCN(C(=O)OC(C)(C)C)CC3)cc2F)n1. The number of nitrogens with zero attached hydrogens (tertiary/aromatic N) is 4. The van der Waals surface area contributed by atoms with Crippen LogP contribution < -0.4 is 27.2 Å². The van der Waals surface area contributed by atoms with Crippen LogP contribution in [0.4, 0.5) is 36.6 Å². The summed E-state index contributed by atoms with van der Waals surface area (Å²) in [5.41, 5.74) is 6.59. The van der Waals surface area contributed by atoms with E-state index in [-0.39, 0.29) is 22.4 Å². The molecule has 1 fully saturated rings. The van der Waals surface area contributed by atoms with E-state index in [1.165, 1.54) is 0 Å². The molecule has 2 heterocycles. The van der Waals surface area contributed by atoms with E-state index in [0.29, 0.717) is 31.9 Å². The van der Waals surface area contributed by atoms with Gasteiger partial charge in [-0.15, -0.1) is 0 Å². The molecule has 1 aliphatic rings. The van der Waals surface area contributed by atoms with E-state index in [0.717, 1.165) is 23.9 Å². The van der Waals surface area contributed by atoms with Gasteiger partial charge in [-0.05, 0) is 39.2 Å². The first-order chi connectivity index (χ1) is 16.4. The number of carbonyl (C=O) groups is 2. The van der Waals surface area contributed by atoms with Crippen LogP contribution in [0.3, 0.4) is 0 Å². The molecule has 3 rings (SSSR count). The molecule has 1 saturated heterocycles. The fraction of sp³-hybridized carbons (Fsp3) is 0.429. The summed E-state index contributed by atoms with van der Waals surface area (Å²) in [6.07, 6.45) is 1.25. The van der Waals surface area contributed by atoms with Crippen LogP contribution >= 0.6 is 11.8 Å². The maximum atomic E-state index is 15.0. The molecule has 190 valence electrons. The minimum Gasteiger partial charge on any atom is -0.444 e. The maximum absolute atomic E-state index is 15.0. The topological polar surface area (TPSA) is 152 Å². The Morgan fingerprint density at radius 1 is 1.09 bits per heavy atom. The Kier molecular flexibility index (Phi) is 7.85. The molecule has 35 heavy (non-hydrogen) atoms. The lowest BCUT2D eigenvalue weighted by atomic mass is 10.2. The highest BCUT2D eigenvalue weighted by atomic mass is 32.2. The number of nitrogens with two attached hydrogens (primary N) is 2. The number of primary amides is 1. The highest BCUT2D eigenvalue weighted by molar-refractivity contribution is 7.98. The third-order valence-corrected chi connectivity index (χ3v) is 5.57. The number of rotatable bonds is 6. The maximum Gasteiger partial charge on any atom is 0.410 e. The molecule has 0 unspecified atom stereocenters. The lowest BCUT2D eigenvalue weighted by molar-refractivity contribution is 0.0240. The number of hydrogen-bond donors (Lipinski definition) is 4. The van der Waals surface area contributed by atoms with Gasteiger partial charge in [-0.1, -0.05) is 11.8 Å².